The predicted molar refractivity (Wildman–Crippen MR) is 107 cm³/mol. The topological polar surface area (TPSA) is 46.1 Å². The molecule has 1 rings (SSSR count). The smallest absolute Gasteiger partial charge is 0.193 e. The van der Waals surface area contributed by atoms with Crippen molar-refractivity contribution in [3.63, 3.8) is 0 Å². The maximum atomic E-state index is 5.57. The summed E-state index contributed by atoms with van der Waals surface area (Å²) >= 11 is 0. The third kappa shape index (κ3) is 8.41. The van der Waals surface area contributed by atoms with Gasteiger partial charge in [-0.2, -0.15) is 0 Å². The zero-order chi connectivity index (χ0) is 16.4. The summed E-state index contributed by atoms with van der Waals surface area (Å²) in [6.07, 6.45) is 0. The third-order valence-corrected chi connectivity index (χ3v) is 3.15. The van der Waals surface area contributed by atoms with Crippen molar-refractivity contribution >= 4 is 29.9 Å². The number of hydrogen-bond acceptors (Lipinski definition) is 3. The minimum atomic E-state index is 0. The van der Waals surface area contributed by atoms with Crippen LogP contribution in [0.1, 0.15) is 19.4 Å². The molecule has 6 heteroatoms. The molecule has 0 radical (unpaired) electrons. The summed E-state index contributed by atoms with van der Waals surface area (Å²) in [6, 6.07) is 8.02. The van der Waals surface area contributed by atoms with Crippen molar-refractivity contribution in [3.8, 4) is 5.75 Å². The Morgan fingerprint density at radius 3 is 2.61 bits per heavy atom. The Hall–Kier alpha value is -1.02. The van der Waals surface area contributed by atoms with Crippen LogP contribution in [0.15, 0.2) is 29.3 Å². The highest BCUT2D eigenvalue weighted by molar-refractivity contribution is 14.0. The van der Waals surface area contributed by atoms with E-state index in [9.17, 15) is 0 Å². The van der Waals surface area contributed by atoms with Gasteiger partial charge in [0.1, 0.15) is 5.75 Å². The molecule has 0 saturated carbocycles. The van der Waals surface area contributed by atoms with Crippen LogP contribution < -0.4 is 10.1 Å². The van der Waals surface area contributed by atoms with E-state index in [0.29, 0.717) is 12.5 Å². The molecule has 132 valence electrons. The Kier molecular flexibility index (Phi) is 11.9. The summed E-state index contributed by atoms with van der Waals surface area (Å²) in [7, 11) is 5.49. The maximum absolute atomic E-state index is 5.57. The van der Waals surface area contributed by atoms with Gasteiger partial charge in [-0.3, -0.25) is 4.99 Å². The van der Waals surface area contributed by atoms with Gasteiger partial charge in [0.2, 0.25) is 0 Å². The average molecular weight is 435 g/mol. The molecule has 0 aromatic heterocycles. The van der Waals surface area contributed by atoms with Gasteiger partial charge in [0.15, 0.2) is 5.96 Å². The lowest BCUT2D eigenvalue weighted by Gasteiger charge is -2.23. The molecule has 0 saturated heterocycles. The second-order valence-electron chi connectivity index (χ2n) is 5.61. The van der Waals surface area contributed by atoms with E-state index in [1.165, 1.54) is 0 Å². The van der Waals surface area contributed by atoms with E-state index in [1.54, 1.807) is 14.2 Å². The monoisotopic (exact) mass is 435 g/mol. The number of nitrogens with one attached hydrogen (secondary N) is 1. The minimum absolute atomic E-state index is 0. The quantitative estimate of drug-likeness (QED) is 0.295. The van der Waals surface area contributed by atoms with Crippen LogP contribution in [-0.4, -0.2) is 51.8 Å². The Labute approximate surface area is 157 Å². The molecule has 0 atom stereocenters. The zero-order valence-corrected chi connectivity index (χ0v) is 17.2. The Morgan fingerprint density at radius 1 is 1.30 bits per heavy atom. The van der Waals surface area contributed by atoms with Crippen molar-refractivity contribution in [3.05, 3.63) is 29.8 Å². The molecule has 0 amide bonds. The van der Waals surface area contributed by atoms with Crippen LogP contribution in [0, 0.1) is 5.92 Å². The zero-order valence-electron chi connectivity index (χ0n) is 14.8. The minimum Gasteiger partial charge on any atom is -0.496 e. The summed E-state index contributed by atoms with van der Waals surface area (Å²) < 4.78 is 11.0. The number of ether oxygens (including phenoxy) is 2. The van der Waals surface area contributed by atoms with Gasteiger partial charge < -0.3 is 19.7 Å². The molecular formula is C17H30IN3O2. The number of nitrogens with zero attached hydrogens (tertiary/aromatic N) is 2. The number of methoxy groups -OCH3 is 1. The van der Waals surface area contributed by atoms with Crippen molar-refractivity contribution in [2.75, 3.05) is 41.0 Å². The van der Waals surface area contributed by atoms with Crippen molar-refractivity contribution in [2.45, 2.75) is 20.4 Å². The second-order valence-corrected chi connectivity index (χ2v) is 5.61. The fraction of sp³-hybridized carbons (Fsp3) is 0.588. The summed E-state index contributed by atoms with van der Waals surface area (Å²) in [5, 5.41) is 3.31. The van der Waals surface area contributed by atoms with Gasteiger partial charge in [-0.1, -0.05) is 32.0 Å². The first-order valence-electron chi connectivity index (χ1n) is 7.69. The number of rotatable bonds is 8. The molecule has 0 aliphatic rings. The van der Waals surface area contributed by atoms with Crippen LogP contribution in [-0.2, 0) is 11.3 Å². The van der Waals surface area contributed by atoms with E-state index < -0.39 is 0 Å². The number of hydrogen-bond donors (Lipinski definition) is 1. The van der Waals surface area contributed by atoms with Gasteiger partial charge in [-0.05, 0) is 12.0 Å². The largest absolute Gasteiger partial charge is 0.496 e. The molecule has 0 bridgehead atoms. The van der Waals surface area contributed by atoms with Crippen molar-refractivity contribution in [2.24, 2.45) is 10.9 Å². The van der Waals surface area contributed by atoms with E-state index in [-0.39, 0.29) is 24.0 Å². The third-order valence-electron chi connectivity index (χ3n) is 3.15. The fourth-order valence-electron chi connectivity index (χ4n) is 2.10. The van der Waals surface area contributed by atoms with Crippen molar-refractivity contribution < 1.29 is 9.47 Å². The number of para-hydroxylation sites is 1. The van der Waals surface area contributed by atoms with E-state index in [4.69, 9.17) is 9.47 Å². The van der Waals surface area contributed by atoms with Gasteiger partial charge in [-0.25, -0.2) is 0 Å². The number of guanidine groups is 1. The van der Waals surface area contributed by atoms with Gasteiger partial charge in [-0.15, -0.1) is 24.0 Å². The number of halogens is 1. The first kappa shape index (κ1) is 22.0. The van der Waals surface area contributed by atoms with Crippen LogP contribution in [0.3, 0.4) is 0 Å². The average Bonchev–Trinajstić information content (AvgIpc) is 2.51. The van der Waals surface area contributed by atoms with Crippen LogP contribution in [0.5, 0.6) is 5.75 Å². The normalized spacial score (nSPS) is 11.1. The highest BCUT2D eigenvalue weighted by atomic mass is 127. The van der Waals surface area contributed by atoms with Gasteiger partial charge >= 0.3 is 0 Å². The standard InChI is InChI=1S/C17H29N3O2.HI/c1-14(2)13-22-11-10-19-17(18-3)20(4)12-15-8-6-7-9-16(15)21-5;/h6-9,14H,10-13H2,1-5H3,(H,18,19);1H. The lowest BCUT2D eigenvalue weighted by molar-refractivity contribution is 0.114. The summed E-state index contributed by atoms with van der Waals surface area (Å²) in [5.41, 5.74) is 1.13. The van der Waals surface area contributed by atoms with Crippen LogP contribution in [0.4, 0.5) is 0 Å². The SMILES string of the molecule is CN=C(NCCOCC(C)C)N(C)Cc1ccccc1OC.I. The maximum Gasteiger partial charge on any atom is 0.193 e. The van der Waals surface area contributed by atoms with E-state index in [2.05, 4.69) is 35.1 Å². The van der Waals surface area contributed by atoms with Crippen molar-refractivity contribution in [1.29, 1.82) is 0 Å². The van der Waals surface area contributed by atoms with E-state index in [0.717, 1.165) is 37.0 Å². The van der Waals surface area contributed by atoms with Gasteiger partial charge in [0.05, 0.1) is 13.7 Å². The van der Waals surface area contributed by atoms with E-state index in [1.807, 2.05) is 25.2 Å². The summed E-state index contributed by atoms with van der Waals surface area (Å²) in [4.78, 5) is 6.38. The Morgan fingerprint density at radius 2 is 2.00 bits per heavy atom. The summed E-state index contributed by atoms with van der Waals surface area (Å²) in [6.45, 7) is 7.24. The van der Waals surface area contributed by atoms with Crippen LogP contribution in [0.25, 0.3) is 0 Å². The van der Waals surface area contributed by atoms with E-state index >= 15 is 0 Å². The molecule has 5 nitrogen and oxygen atoms in total. The molecule has 1 aromatic carbocycles. The predicted octanol–water partition coefficient (Wildman–Crippen LogP) is 2.99. The Balaban J connectivity index is 0.00000484. The second kappa shape index (κ2) is 12.4. The first-order valence-corrected chi connectivity index (χ1v) is 7.69. The molecule has 23 heavy (non-hydrogen) atoms. The number of benzene rings is 1. The first-order chi connectivity index (χ1) is 10.6. The lowest BCUT2D eigenvalue weighted by atomic mass is 10.2. The molecule has 1 aromatic rings. The molecule has 1 N–H and O–H groups in total. The fourth-order valence-corrected chi connectivity index (χ4v) is 2.10. The number of aliphatic imine (C=N–C) groups is 1. The highest BCUT2D eigenvalue weighted by Crippen LogP contribution is 2.18. The van der Waals surface area contributed by atoms with Gasteiger partial charge in [0.25, 0.3) is 0 Å². The lowest BCUT2D eigenvalue weighted by Crippen LogP contribution is -2.40. The summed E-state index contributed by atoms with van der Waals surface area (Å²) in [5.74, 6) is 2.30. The molecule has 0 spiro atoms. The molecule has 0 unspecified atom stereocenters. The Bertz CT molecular complexity index is 467. The molecule has 0 fully saturated rings. The molecule has 0 heterocycles. The molecular weight excluding hydrogens is 405 g/mol. The van der Waals surface area contributed by atoms with Crippen LogP contribution >= 0.6 is 24.0 Å². The van der Waals surface area contributed by atoms with Crippen LogP contribution in [0.2, 0.25) is 0 Å². The van der Waals surface area contributed by atoms with Crippen molar-refractivity contribution in [1.82, 2.24) is 10.2 Å². The molecule has 0 aliphatic carbocycles. The van der Waals surface area contributed by atoms with Gasteiger partial charge in [0, 0.05) is 39.4 Å². The molecule has 0 aliphatic heterocycles. The highest BCUT2D eigenvalue weighted by Gasteiger charge is 2.09.